The molecule has 0 bridgehead atoms. The lowest BCUT2D eigenvalue weighted by Crippen LogP contribution is -2.31. The van der Waals surface area contributed by atoms with Crippen LogP contribution in [0.3, 0.4) is 0 Å². The van der Waals surface area contributed by atoms with Gasteiger partial charge in [-0.15, -0.1) is 0 Å². The van der Waals surface area contributed by atoms with E-state index in [9.17, 15) is 0 Å². The van der Waals surface area contributed by atoms with Crippen molar-refractivity contribution >= 4 is 0 Å². The van der Waals surface area contributed by atoms with Crippen LogP contribution in [0.2, 0.25) is 0 Å². The van der Waals surface area contributed by atoms with Crippen molar-refractivity contribution in [3.8, 4) is 0 Å². The summed E-state index contributed by atoms with van der Waals surface area (Å²) < 4.78 is 0. The topological polar surface area (TPSA) is 3.24 Å². The zero-order valence-corrected chi connectivity index (χ0v) is 9.84. The van der Waals surface area contributed by atoms with E-state index in [-0.39, 0.29) is 0 Å². The van der Waals surface area contributed by atoms with Crippen molar-refractivity contribution in [2.24, 2.45) is 11.8 Å². The third-order valence-electron chi connectivity index (χ3n) is 3.96. The van der Waals surface area contributed by atoms with Crippen LogP contribution in [0.1, 0.15) is 52.4 Å². The molecule has 0 spiro atoms. The van der Waals surface area contributed by atoms with Crippen LogP contribution >= 0.6 is 0 Å². The summed E-state index contributed by atoms with van der Waals surface area (Å²) in [6.45, 7) is 7.52. The molecule has 2 fully saturated rings. The van der Waals surface area contributed by atoms with Gasteiger partial charge in [0.2, 0.25) is 0 Å². The third-order valence-corrected chi connectivity index (χ3v) is 3.96. The van der Waals surface area contributed by atoms with Gasteiger partial charge in [0, 0.05) is 12.6 Å². The second kappa shape index (κ2) is 4.65. The molecule has 14 heavy (non-hydrogen) atoms. The van der Waals surface area contributed by atoms with Crippen LogP contribution in [0, 0.1) is 11.8 Å². The van der Waals surface area contributed by atoms with Gasteiger partial charge in [-0.05, 0) is 44.1 Å². The average Bonchev–Trinajstić information content (AvgIpc) is 2.69. The molecule has 82 valence electrons. The first-order chi connectivity index (χ1) is 6.75. The van der Waals surface area contributed by atoms with E-state index in [0.717, 1.165) is 17.9 Å². The molecule has 0 radical (unpaired) electrons. The van der Waals surface area contributed by atoms with Gasteiger partial charge < -0.3 is 4.90 Å². The Kier molecular flexibility index (Phi) is 3.48. The zero-order valence-electron chi connectivity index (χ0n) is 9.84. The van der Waals surface area contributed by atoms with E-state index < -0.39 is 0 Å². The number of nitrogens with zero attached hydrogens (tertiary/aromatic N) is 1. The molecule has 0 aromatic heterocycles. The van der Waals surface area contributed by atoms with E-state index in [1.165, 1.54) is 51.6 Å². The van der Waals surface area contributed by atoms with Gasteiger partial charge in [0.15, 0.2) is 0 Å². The Hall–Kier alpha value is -0.0400. The van der Waals surface area contributed by atoms with Gasteiger partial charge in [-0.3, -0.25) is 0 Å². The molecule has 1 aliphatic heterocycles. The van der Waals surface area contributed by atoms with Crippen molar-refractivity contribution in [1.29, 1.82) is 0 Å². The van der Waals surface area contributed by atoms with Gasteiger partial charge in [-0.2, -0.15) is 0 Å². The van der Waals surface area contributed by atoms with Crippen LogP contribution in [0.5, 0.6) is 0 Å². The molecule has 1 saturated carbocycles. The molecule has 1 aliphatic carbocycles. The highest BCUT2D eigenvalue weighted by Crippen LogP contribution is 2.30. The summed E-state index contributed by atoms with van der Waals surface area (Å²) >= 11 is 0. The number of likely N-dealkylation sites (tertiary alicyclic amines) is 1. The van der Waals surface area contributed by atoms with Crippen LogP contribution in [0.15, 0.2) is 0 Å². The van der Waals surface area contributed by atoms with E-state index >= 15 is 0 Å². The van der Waals surface area contributed by atoms with Crippen molar-refractivity contribution in [2.45, 2.75) is 58.4 Å². The standard InChI is InChI=1S/C13H25N/c1-11(2)9-12-7-8-14(10-12)13-5-3-4-6-13/h11-13H,3-10H2,1-2H3/t12-/m0/s1. The Morgan fingerprint density at radius 2 is 1.86 bits per heavy atom. The van der Waals surface area contributed by atoms with E-state index in [2.05, 4.69) is 18.7 Å². The van der Waals surface area contributed by atoms with E-state index in [0.29, 0.717) is 0 Å². The summed E-state index contributed by atoms with van der Waals surface area (Å²) in [6.07, 6.45) is 8.84. The van der Waals surface area contributed by atoms with Gasteiger partial charge in [0.1, 0.15) is 0 Å². The highest BCUT2D eigenvalue weighted by atomic mass is 15.2. The largest absolute Gasteiger partial charge is 0.300 e. The predicted octanol–water partition coefficient (Wildman–Crippen LogP) is 3.30. The Morgan fingerprint density at radius 3 is 2.50 bits per heavy atom. The SMILES string of the molecule is CC(C)C[C@@H]1CCN(C2CCCC2)C1. The zero-order chi connectivity index (χ0) is 9.97. The minimum absolute atomic E-state index is 0.892. The molecule has 1 atom stereocenters. The fourth-order valence-corrected chi connectivity index (χ4v) is 3.32. The molecule has 1 heterocycles. The first-order valence-corrected chi connectivity index (χ1v) is 6.49. The Morgan fingerprint density at radius 1 is 1.14 bits per heavy atom. The van der Waals surface area contributed by atoms with Crippen LogP contribution in [-0.2, 0) is 0 Å². The van der Waals surface area contributed by atoms with Crippen molar-refractivity contribution in [2.75, 3.05) is 13.1 Å². The minimum Gasteiger partial charge on any atom is -0.300 e. The van der Waals surface area contributed by atoms with Crippen LogP contribution < -0.4 is 0 Å². The third kappa shape index (κ3) is 2.50. The molecule has 0 N–H and O–H groups in total. The fraction of sp³-hybridized carbons (Fsp3) is 1.00. The predicted molar refractivity (Wildman–Crippen MR) is 61.4 cm³/mol. The quantitative estimate of drug-likeness (QED) is 0.668. The molecular formula is C13H25N. The van der Waals surface area contributed by atoms with E-state index in [4.69, 9.17) is 0 Å². The second-order valence-electron chi connectivity index (χ2n) is 5.72. The van der Waals surface area contributed by atoms with Crippen molar-refractivity contribution in [3.05, 3.63) is 0 Å². The molecule has 2 rings (SSSR count). The maximum atomic E-state index is 2.78. The molecule has 0 amide bonds. The maximum Gasteiger partial charge on any atom is 0.00953 e. The fourth-order valence-electron chi connectivity index (χ4n) is 3.32. The van der Waals surface area contributed by atoms with Gasteiger partial charge in [0.05, 0.1) is 0 Å². The Balaban J connectivity index is 1.76. The van der Waals surface area contributed by atoms with Crippen LogP contribution in [0.25, 0.3) is 0 Å². The first kappa shape index (κ1) is 10.5. The minimum atomic E-state index is 0.892. The number of hydrogen-bond acceptors (Lipinski definition) is 1. The Labute approximate surface area is 88.9 Å². The molecule has 0 aromatic rings. The van der Waals surface area contributed by atoms with Crippen molar-refractivity contribution < 1.29 is 0 Å². The summed E-state index contributed by atoms with van der Waals surface area (Å²) in [4.78, 5) is 2.78. The van der Waals surface area contributed by atoms with Crippen LogP contribution in [0.4, 0.5) is 0 Å². The average molecular weight is 195 g/mol. The highest BCUT2D eigenvalue weighted by Gasteiger charge is 2.29. The summed E-state index contributed by atoms with van der Waals surface area (Å²) in [5.41, 5.74) is 0. The van der Waals surface area contributed by atoms with Gasteiger partial charge in [-0.1, -0.05) is 26.7 Å². The molecular weight excluding hydrogens is 170 g/mol. The van der Waals surface area contributed by atoms with Crippen molar-refractivity contribution in [1.82, 2.24) is 4.90 Å². The summed E-state index contributed by atoms with van der Waals surface area (Å²) in [7, 11) is 0. The molecule has 1 nitrogen and oxygen atoms in total. The summed E-state index contributed by atoms with van der Waals surface area (Å²) in [5.74, 6) is 1.90. The molecule has 2 aliphatic rings. The monoisotopic (exact) mass is 195 g/mol. The summed E-state index contributed by atoms with van der Waals surface area (Å²) in [5, 5.41) is 0. The molecule has 0 aromatic carbocycles. The molecule has 1 heteroatoms. The lowest BCUT2D eigenvalue weighted by molar-refractivity contribution is 0.232. The highest BCUT2D eigenvalue weighted by molar-refractivity contribution is 4.84. The summed E-state index contributed by atoms with van der Waals surface area (Å²) in [6, 6.07) is 0.965. The van der Waals surface area contributed by atoms with Gasteiger partial charge in [-0.25, -0.2) is 0 Å². The van der Waals surface area contributed by atoms with Gasteiger partial charge >= 0.3 is 0 Å². The normalized spacial score (nSPS) is 30.6. The first-order valence-electron chi connectivity index (χ1n) is 6.49. The number of hydrogen-bond donors (Lipinski definition) is 0. The van der Waals surface area contributed by atoms with Crippen LogP contribution in [-0.4, -0.2) is 24.0 Å². The smallest absolute Gasteiger partial charge is 0.00953 e. The Bertz CT molecular complexity index is 170. The van der Waals surface area contributed by atoms with E-state index in [1.807, 2.05) is 0 Å². The number of rotatable bonds is 3. The lowest BCUT2D eigenvalue weighted by Gasteiger charge is -2.23. The molecule has 0 unspecified atom stereocenters. The maximum absolute atomic E-state index is 2.78. The van der Waals surface area contributed by atoms with Crippen molar-refractivity contribution in [3.63, 3.8) is 0 Å². The van der Waals surface area contributed by atoms with E-state index in [1.54, 1.807) is 0 Å². The molecule has 1 saturated heterocycles. The lowest BCUT2D eigenvalue weighted by atomic mass is 9.97. The second-order valence-corrected chi connectivity index (χ2v) is 5.72. The van der Waals surface area contributed by atoms with Gasteiger partial charge in [0.25, 0.3) is 0 Å².